The van der Waals surface area contributed by atoms with Crippen LogP contribution in [0.15, 0.2) is 24.3 Å². The van der Waals surface area contributed by atoms with Crippen LogP contribution < -0.4 is 0 Å². The summed E-state index contributed by atoms with van der Waals surface area (Å²) >= 11 is 0. The third-order valence-corrected chi connectivity index (χ3v) is 7.03. The van der Waals surface area contributed by atoms with Gasteiger partial charge in [0.05, 0.1) is 30.5 Å². The maximum absolute atomic E-state index is 12.1. The van der Waals surface area contributed by atoms with Crippen molar-refractivity contribution in [1.29, 1.82) is 0 Å². The summed E-state index contributed by atoms with van der Waals surface area (Å²) in [5.41, 5.74) is 0. The molecule has 0 aromatic carbocycles. The fourth-order valence-electron chi connectivity index (χ4n) is 4.69. The lowest BCUT2D eigenvalue weighted by molar-refractivity contribution is -0.121. The average molecular weight is 583 g/mol. The highest BCUT2D eigenvalue weighted by molar-refractivity contribution is 5.80. The molecule has 0 saturated carbocycles. The van der Waals surface area contributed by atoms with E-state index < -0.39 is 30.5 Å². The van der Waals surface area contributed by atoms with Gasteiger partial charge < -0.3 is 25.5 Å². The van der Waals surface area contributed by atoms with E-state index in [0.717, 1.165) is 51.4 Å². The molecule has 5 N–H and O–H groups in total. The quantitative estimate of drug-likeness (QED) is 0.0634. The van der Waals surface area contributed by atoms with Crippen molar-refractivity contribution in [2.24, 2.45) is 0 Å². The van der Waals surface area contributed by atoms with Crippen LogP contribution in [-0.2, 0) is 14.4 Å². The summed E-state index contributed by atoms with van der Waals surface area (Å²) < 4.78 is 0. The Kier molecular flexibility index (Phi) is 24.9. The predicted molar refractivity (Wildman–Crippen MR) is 162 cm³/mol. The molecule has 0 radical (unpaired) electrons. The number of aliphatic hydroxyl groups is 5. The molecule has 8 nitrogen and oxygen atoms in total. The van der Waals surface area contributed by atoms with Gasteiger partial charge in [0.25, 0.3) is 0 Å². The van der Waals surface area contributed by atoms with Crippen molar-refractivity contribution in [2.45, 2.75) is 166 Å². The Labute approximate surface area is 247 Å². The molecular formula is C33H58O8. The minimum Gasteiger partial charge on any atom is -0.393 e. The lowest BCUT2D eigenvalue weighted by atomic mass is 10.0. The largest absolute Gasteiger partial charge is 0.393 e. The number of hydrogen-bond donors (Lipinski definition) is 5. The molecule has 0 fully saturated rings. The van der Waals surface area contributed by atoms with Gasteiger partial charge in [0.15, 0.2) is 0 Å². The average Bonchev–Trinajstić information content (AvgIpc) is 2.87. The highest BCUT2D eigenvalue weighted by atomic mass is 16.3. The lowest BCUT2D eigenvalue weighted by Gasteiger charge is -2.11. The summed E-state index contributed by atoms with van der Waals surface area (Å²) in [5.74, 6) is -0.0229. The molecule has 0 spiro atoms. The SMILES string of the molecule is CCCCCC(O)CC(=O)CCCCCC(O)CC(=O)CC=CC=CC(O)CC(=O)CCCCCC(O)CC(C)O. The summed E-state index contributed by atoms with van der Waals surface area (Å²) in [6.45, 7) is 3.75. The van der Waals surface area contributed by atoms with Gasteiger partial charge in [-0.3, -0.25) is 14.4 Å². The smallest absolute Gasteiger partial charge is 0.139 e. The highest BCUT2D eigenvalue weighted by Crippen LogP contribution is 2.13. The molecule has 0 bridgehead atoms. The van der Waals surface area contributed by atoms with Crippen molar-refractivity contribution in [2.75, 3.05) is 0 Å². The van der Waals surface area contributed by atoms with Gasteiger partial charge in [0.2, 0.25) is 0 Å². The molecule has 0 amide bonds. The number of allylic oxidation sites excluding steroid dienone is 3. The molecule has 41 heavy (non-hydrogen) atoms. The van der Waals surface area contributed by atoms with Gasteiger partial charge in [-0.05, 0) is 45.4 Å². The van der Waals surface area contributed by atoms with E-state index in [1.807, 2.05) is 0 Å². The van der Waals surface area contributed by atoms with Crippen LogP contribution >= 0.6 is 0 Å². The predicted octanol–water partition coefficient (Wildman–Crippen LogP) is 5.06. The molecule has 0 aromatic heterocycles. The summed E-state index contributed by atoms with van der Waals surface area (Å²) in [4.78, 5) is 36.0. The second-order valence-corrected chi connectivity index (χ2v) is 11.6. The molecule has 0 aliphatic heterocycles. The van der Waals surface area contributed by atoms with Crippen LogP contribution in [0.3, 0.4) is 0 Å². The minimum atomic E-state index is -0.885. The standard InChI is InChI=1S/C33H58O8/c1-3-4-8-15-28(36)23-29(37)18-11-6-12-19-32(40)25-33(41)21-14-7-13-20-31(39)24-30(38)17-10-5-9-16-27(35)22-26(2)34/h7,13-14,20,26-28,31-32,34-36,39-40H,3-6,8-12,15-19,21-25H2,1-2H3. The van der Waals surface area contributed by atoms with E-state index in [0.29, 0.717) is 44.9 Å². The first-order valence-corrected chi connectivity index (χ1v) is 15.8. The Morgan fingerprint density at radius 3 is 1.68 bits per heavy atom. The molecule has 0 aliphatic carbocycles. The third-order valence-electron chi connectivity index (χ3n) is 7.03. The highest BCUT2D eigenvalue weighted by Gasteiger charge is 2.13. The molecule has 5 unspecified atom stereocenters. The fourth-order valence-corrected chi connectivity index (χ4v) is 4.69. The van der Waals surface area contributed by atoms with E-state index in [4.69, 9.17) is 0 Å². The molecule has 0 aromatic rings. The molecule has 0 heterocycles. The zero-order chi connectivity index (χ0) is 30.9. The third kappa shape index (κ3) is 26.9. The number of unbranched alkanes of at least 4 members (excludes halogenated alkanes) is 6. The Morgan fingerprint density at radius 1 is 0.610 bits per heavy atom. The van der Waals surface area contributed by atoms with E-state index in [9.17, 15) is 39.9 Å². The molecular weight excluding hydrogens is 524 g/mol. The maximum Gasteiger partial charge on any atom is 0.139 e. The van der Waals surface area contributed by atoms with Gasteiger partial charge in [-0.1, -0.05) is 76.2 Å². The number of Topliss-reactive ketones (excluding diaryl/α,β-unsaturated/α-hetero) is 3. The Morgan fingerprint density at radius 2 is 1.12 bits per heavy atom. The van der Waals surface area contributed by atoms with E-state index in [1.165, 1.54) is 6.08 Å². The van der Waals surface area contributed by atoms with E-state index >= 15 is 0 Å². The van der Waals surface area contributed by atoms with Crippen LogP contribution in [0.4, 0.5) is 0 Å². The van der Waals surface area contributed by atoms with Gasteiger partial charge >= 0.3 is 0 Å². The maximum atomic E-state index is 12.1. The molecule has 238 valence electrons. The van der Waals surface area contributed by atoms with Crippen molar-refractivity contribution >= 4 is 17.3 Å². The number of carbonyl (C=O) groups is 3. The van der Waals surface area contributed by atoms with Crippen LogP contribution in [0.5, 0.6) is 0 Å². The summed E-state index contributed by atoms with van der Waals surface area (Å²) in [6.07, 6.45) is 14.4. The van der Waals surface area contributed by atoms with Gasteiger partial charge in [-0.25, -0.2) is 0 Å². The fraction of sp³-hybridized carbons (Fsp3) is 0.788. The number of rotatable bonds is 28. The normalized spacial score (nSPS) is 15.7. The second kappa shape index (κ2) is 26.0. The Balaban J connectivity index is 3.88. The van der Waals surface area contributed by atoms with Crippen LogP contribution in [0.25, 0.3) is 0 Å². The van der Waals surface area contributed by atoms with Crippen molar-refractivity contribution in [3.05, 3.63) is 24.3 Å². The van der Waals surface area contributed by atoms with Gasteiger partial charge in [-0.2, -0.15) is 0 Å². The van der Waals surface area contributed by atoms with Crippen molar-refractivity contribution < 1.29 is 39.9 Å². The topological polar surface area (TPSA) is 152 Å². The summed E-state index contributed by atoms with van der Waals surface area (Å²) in [6, 6.07) is 0. The van der Waals surface area contributed by atoms with Gasteiger partial charge in [-0.15, -0.1) is 0 Å². The molecule has 5 atom stereocenters. The zero-order valence-electron chi connectivity index (χ0n) is 25.6. The molecule has 0 aliphatic rings. The second-order valence-electron chi connectivity index (χ2n) is 11.6. The molecule has 8 heteroatoms. The summed E-state index contributed by atoms with van der Waals surface area (Å²) in [7, 11) is 0. The molecule has 0 rings (SSSR count). The van der Waals surface area contributed by atoms with Gasteiger partial charge in [0.1, 0.15) is 17.3 Å². The first kappa shape index (κ1) is 39.3. The van der Waals surface area contributed by atoms with E-state index in [2.05, 4.69) is 6.92 Å². The zero-order valence-corrected chi connectivity index (χ0v) is 25.6. The van der Waals surface area contributed by atoms with Gasteiger partial charge in [0, 0.05) is 38.5 Å². The summed E-state index contributed by atoms with van der Waals surface area (Å²) in [5, 5.41) is 49.0. The van der Waals surface area contributed by atoms with Crippen molar-refractivity contribution in [1.82, 2.24) is 0 Å². The minimum absolute atomic E-state index is 0.0250. The molecule has 0 saturated heterocycles. The van der Waals surface area contributed by atoms with E-state index in [1.54, 1.807) is 25.2 Å². The number of ketones is 3. The van der Waals surface area contributed by atoms with Crippen molar-refractivity contribution in [3.8, 4) is 0 Å². The van der Waals surface area contributed by atoms with E-state index in [-0.39, 0.29) is 43.0 Å². The van der Waals surface area contributed by atoms with Crippen LogP contribution in [0.1, 0.15) is 136 Å². The lowest BCUT2D eigenvalue weighted by Crippen LogP contribution is -2.14. The number of hydrogen-bond acceptors (Lipinski definition) is 8. The number of aliphatic hydroxyl groups excluding tert-OH is 5. The first-order valence-electron chi connectivity index (χ1n) is 15.8. The first-order chi connectivity index (χ1) is 19.5. The van der Waals surface area contributed by atoms with Crippen LogP contribution in [0, 0.1) is 0 Å². The Hall–Kier alpha value is -1.71. The monoisotopic (exact) mass is 582 g/mol. The van der Waals surface area contributed by atoms with Crippen molar-refractivity contribution in [3.63, 3.8) is 0 Å². The van der Waals surface area contributed by atoms with Crippen LogP contribution in [-0.4, -0.2) is 73.4 Å². The Bertz CT molecular complexity index is 746. The number of carbonyl (C=O) groups excluding carboxylic acids is 3. The van der Waals surface area contributed by atoms with Crippen LogP contribution in [0.2, 0.25) is 0 Å².